The fraction of sp³-hybridized carbons (Fsp3) is 0.300. The first-order chi connectivity index (χ1) is 6.93. The van der Waals surface area contributed by atoms with E-state index in [4.69, 9.17) is 16.7 Å². The van der Waals surface area contributed by atoms with Crippen molar-refractivity contribution in [3.63, 3.8) is 0 Å². The summed E-state index contributed by atoms with van der Waals surface area (Å²) in [6, 6.07) is 1.30. The molecular formula is C10H10ClFO3. The molecule has 0 bridgehead atoms. The van der Waals surface area contributed by atoms with E-state index in [-0.39, 0.29) is 34.7 Å². The zero-order valence-electron chi connectivity index (χ0n) is 8.05. The average molecular weight is 233 g/mol. The number of phenols is 1. The van der Waals surface area contributed by atoms with Gasteiger partial charge in [0.05, 0.1) is 5.02 Å². The lowest BCUT2D eigenvalue weighted by molar-refractivity contribution is -0.136. The maximum absolute atomic E-state index is 13.5. The average Bonchev–Trinajstić information content (AvgIpc) is 2.14. The molecule has 1 aromatic carbocycles. The van der Waals surface area contributed by atoms with Crippen molar-refractivity contribution in [2.45, 2.75) is 19.8 Å². The molecule has 0 spiro atoms. The predicted molar refractivity (Wildman–Crippen MR) is 53.8 cm³/mol. The number of halogens is 2. The van der Waals surface area contributed by atoms with E-state index in [1.807, 2.05) is 0 Å². The summed E-state index contributed by atoms with van der Waals surface area (Å²) in [4.78, 5) is 10.3. The van der Waals surface area contributed by atoms with Gasteiger partial charge < -0.3 is 10.2 Å². The van der Waals surface area contributed by atoms with Crippen molar-refractivity contribution in [3.8, 4) is 5.75 Å². The van der Waals surface area contributed by atoms with E-state index in [2.05, 4.69) is 0 Å². The largest absolute Gasteiger partial charge is 0.506 e. The van der Waals surface area contributed by atoms with Crippen LogP contribution in [-0.2, 0) is 11.2 Å². The Hall–Kier alpha value is -1.29. The smallest absolute Gasteiger partial charge is 0.303 e. The van der Waals surface area contributed by atoms with Gasteiger partial charge in [-0.1, -0.05) is 11.6 Å². The Balaban J connectivity index is 3.09. The molecule has 0 amide bonds. The van der Waals surface area contributed by atoms with Crippen LogP contribution >= 0.6 is 11.6 Å². The van der Waals surface area contributed by atoms with E-state index in [1.165, 1.54) is 13.0 Å². The molecule has 0 aromatic heterocycles. The molecule has 2 N–H and O–H groups in total. The first-order valence-electron chi connectivity index (χ1n) is 4.31. The number of carbonyl (C=O) groups is 1. The lowest BCUT2D eigenvalue weighted by atomic mass is 10.0. The second-order valence-electron chi connectivity index (χ2n) is 3.21. The zero-order chi connectivity index (χ0) is 11.6. The molecule has 0 aliphatic carbocycles. The van der Waals surface area contributed by atoms with Gasteiger partial charge in [-0.2, -0.15) is 0 Å². The Morgan fingerprint density at radius 2 is 2.20 bits per heavy atom. The van der Waals surface area contributed by atoms with Gasteiger partial charge >= 0.3 is 5.97 Å². The maximum atomic E-state index is 13.5. The van der Waals surface area contributed by atoms with Crippen molar-refractivity contribution < 1.29 is 19.4 Å². The number of rotatable bonds is 3. The molecule has 0 fully saturated rings. The number of aromatic hydroxyl groups is 1. The third-order valence-electron chi connectivity index (χ3n) is 2.06. The van der Waals surface area contributed by atoms with E-state index in [0.29, 0.717) is 0 Å². The van der Waals surface area contributed by atoms with E-state index >= 15 is 0 Å². The highest BCUT2D eigenvalue weighted by Crippen LogP contribution is 2.32. The van der Waals surface area contributed by atoms with Gasteiger partial charge in [0.15, 0.2) is 0 Å². The predicted octanol–water partition coefficient (Wildman–Crippen LogP) is 2.51. The number of carboxylic acids is 1. The standard InChI is InChI=1S/C10H10ClFO3/c1-5-4-7(11)10(15)6(9(5)12)2-3-8(13)14/h4,15H,2-3H2,1H3,(H,13,14). The summed E-state index contributed by atoms with van der Waals surface area (Å²) in [5.41, 5.74) is 0.251. The molecule has 1 rings (SSSR count). The van der Waals surface area contributed by atoms with Crippen molar-refractivity contribution in [1.82, 2.24) is 0 Å². The number of hydrogen-bond acceptors (Lipinski definition) is 2. The van der Waals surface area contributed by atoms with Crippen molar-refractivity contribution in [1.29, 1.82) is 0 Å². The first kappa shape index (κ1) is 11.8. The van der Waals surface area contributed by atoms with Crippen LogP contribution in [0.5, 0.6) is 5.75 Å². The molecule has 82 valence electrons. The Labute approximate surface area is 91.1 Å². The molecule has 0 radical (unpaired) electrons. The van der Waals surface area contributed by atoms with Crippen LogP contribution in [0.3, 0.4) is 0 Å². The Morgan fingerprint density at radius 1 is 1.60 bits per heavy atom. The van der Waals surface area contributed by atoms with Gasteiger partial charge in [-0.3, -0.25) is 4.79 Å². The monoisotopic (exact) mass is 232 g/mol. The molecule has 0 heterocycles. The fourth-order valence-corrected chi connectivity index (χ4v) is 1.55. The minimum Gasteiger partial charge on any atom is -0.506 e. The summed E-state index contributed by atoms with van der Waals surface area (Å²) in [7, 11) is 0. The van der Waals surface area contributed by atoms with Crippen LogP contribution in [0.25, 0.3) is 0 Å². The molecule has 0 saturated heterocycles. The first-order valence-corrected chi connectivity index (χ1v) is 4.69. The number of phenolic OH excluding ortho intramolecular Hbond substituents is 1. The van der Waals surface area contributed by atoms with Crippen LogP contribution in [-0.4, -0.2) is 16.2 Å². The van der Waals surface area contributed by atoms with Crippen molar-refractivity contribution in [2.75, 3.05) is 0 Å². The minimum absolute atomic E-state index is 0.0364. The van der Waals surface area contributed by atoms with Crippen LogP contribution in [0.1, 0.15) is 17.5 Å². The molecule has 1 aromatic rings. The van der Waals surface area contributed by atoms with Crippen LogP contribution in [0.15, 0.2) is 6.07 Å². The third kappa shape index (κ3) is 2.59. The fourth-order valence-electron chi connectivity index (χ4n) is 1.27. The molecule has 3 nitrogen and oxygen atoms in total. The molecule has 0 unspecified atom stereocenters. The number of carboxylic acid groups (broad SMARTS) is 1. The molecule has 0 atom stereocenters. The maximum Gasteiger partial charge on any atom is 0.303 e. The normalized spacial score (nSPS) is 10.3. The minimum atomic E-state index is -1.05. The number of aryl methyl sites for hydroxylation is 1. The summed E-state index contributed by atoms with van der Waals surface area (Å²) in [5.74, 6) is -2.02. The molecule has 0 saturated carbocycles. The second kappa shape index (κ2) is 4.49. The van der Waals surface area contributed by atoms with E-state index in [9.17, 15) is 14.3 Å². The number of aliphatic carboxylic acids is 1. The number of hydrogen-bond donors (Lipinski definition) is 2. The highest BCUT2D eigenvalue weighted by molar-refractivity contribution is 6.32. The molecular weight excluding hydrogens is 223 g/mol. The number of benzene rings is 1. The van der Waals surface area contributed by atoms with Crippen LogP contribution in [0.4, 0.5) is 4.39 Å². The SMILES string of the molecule is Cc1cc(Cl)c(O)c(CCC(=O)O)c1F. The Bertz CT molecular complexity index is 378. The van der Waals surface area contributed by atoms with Crippen LogP contribution in [0.2, 0.25) is 5.02 Å². The molecule has 15 heavy (non-hydrogen) atoms. The summed E-state index contributed by atoms with van der Waals surface area (Å²) in [5, 5.41) is 17.9. The van der Waals surface area contributed by atoms with E-state index in [0.717, 1.165) is 0 Å². The highest BCUT2D eigenvalue weighted by atomic mass is 35.5. The topological polar surface area (TPSA) is 57.5 Å². The van der Waals surface area contributed by atoms with Gasteiger partial charge in [-0.25, -0.2) is 4.39 Å². The summed E-state index contributed by atoms with van der Waals surface area (Å²) in [6.45, 7) is 1.50. The zero-order valence-corrected chi connectivity index (χ0v) is 8.81. The van der Waals surface area contributed by atoms with Crippen molar-refractivity contribution in [3.05, 3.63) is 28.0 Å². The highest BCUT2D eigenvalue weighted by Gasteiger charge is 2.15. The van der Waals surface area contributed by atoms with Crippen molar-refractivity contribution in [2.24, 2.45) is 0 Å². The quantitative estimate of drug-likeness (QED) is 0.842. The van der Waals surface area contributed by atoms with Gasteiger partial charge in [-0.05, 0) is 25.0 Å². The molecule has 0 aliphatic rings. The second-order valence-corrected chi connectivity index (χ2v) is 3.62. The van der Waals surface area contributed by atoms with Gasteiger partial charge in [0.1, 0.15) is 11.6 Å². The van der Waals surface area contributed by atoms with Crippen molar-refractivity contribution >= 4 is 17.6 Å². The lowest BCUT2D eigenvalue weighted by Crippen LogP contribution is -2.01. The summed E-state index contributed by atoms with van der Waals surface area (Å²) in [6.07, 6.45) is -0.321. The van der Waals surface area contributed by atoms with Gasteiger partial charge in [-0.15, -0.1) is 0 Å². The lowest BCUT2D eigenvalue weighted by Gasteiger charge is -2.08. The van der Waals surface area contributed by atoms with Gasteiger partial charge in [0.2, 0.25) is 0 Å². The molecule has 5 heteroatoms. The van der Waals surface area contributed by atoms with E-state index < -0.39 is 11.8 Å². The van der Waals surface area contributed by atoms with Gasteiger partial charge in [0.25, 0.3) is 0 Å². The van der Waals surface area contributed by atoms with Crippen LogP contribution in [0, 0.1) is 12.7 Å². The van der Waals surface area contributed by atoms with Crippen LogP contribution < -0.4 is 0 Å². The summed E-state index contributed by atoms with van der Waals surface area (Å²) >= 11 is 5.64. The van der Waals surface area contributed by atoms with Gasteiger partial charge in [0, 0.05) is 12.0 Å². The summed E-state index contributed by atoms with van der Waals surface area (Å²) < 4.78 is 13.5. The molecule has 0 aliphatic heterocycles. The Morgan fingerprint density at radius 3 is 2.73 bits per heavy atom. The van der Waals surface area contributed by atoms with E-state index in [1.54, 1.807) is 0 Å². The third-order valence-corrected chi connectivity index (χ3v) is 2.34. The Kier molecular flexibility index (Phi) is 3.52.